The number of amides is 1. The third-order valence-electron chi connectivity index (χ3n) is 5.83. The molecule has 1 aliphatic rings. The second-order valence-corrected chi connectivity index (χ2v) is 9.35. The number of benzene rings is 3. The van der Waals surface area contributed by atoms with Crippen molar-refractivity contribution in [2.24, 2.45) is 4.99 Å². The Labute approximate surface area is 222 Å². The first kappa shape index (κ1) is 26.2. The number of nitrogens with zero attached hydrogens (tertiary/aromatic N) is 2. The molecule has 0 unspecified atom stereocenters. The van der Waals surface area contributed by atoms with E-state index < -0.39 is 5.97 Å². The van der Waals surface area contributed by atoms with Crippen LogP contribution >= 0.6 is 11.8 Å². The molecule has 0 saturated carbocycles. The van der Waals surface area contributed by atoms with Crippen LogP contribution in [0, 0.1) is 0 Å². The maximum absolute atomic E-state index is 13.8. The van der Waals surface area contributed by atoms with Gasteiger partial charge in [0.25, 0.3) is 5.91 Å². The van der Waals surface area contributed by atoms with Gasteiger partial charge < -0.3 is 9.47 Å². The van der Waals surface area contributed by atoms with Gasteiger partial charge >= 0.3 is 5.97 Å². The van der Waals surface area contributed by atoms with E-state index >= 15 is 0 Å². The molecule has 1 heterocycles. The van der Waals surface area contributed by atoms with Crippen molar-refractivity contribution in [3.63, 3.8) is 0 Å². The van der Waals surface area contributed by atoms with Gasteiger partial charge in [-0.2, -0.15) is 0 Å². The van der Waals surface area contributed by atoms with Crippen molar-refractivity contribution < 1.29 is 19.1 Å². The molecule has 0 spiro atoms. The Morgan fingerprint density at radius 1 is 0.946 bits per heavy atom. The number of hydrogen-bond donors (Lipinski definition) is 0. The maximum Gasteiger partial charge on any atom is 0.308 e. The molecule has 190 valence electrons. The molecular weight excluding hydrogens is 484 g/mol. The summed E-state index contributed by atoms with van der Waals surface area (Å²) in [6, 6.07) is 21.2. The van der Waals surface area contributed by atoms with E-state index in [1.807, 2.05) is 55.5 Å². The Hall–Kier alpha value is -3.84. The zero-order valence-electron chi connectivity index (χ0n) is 21.5. The molecule has 3 aromatic carbocycles. The summed E-state index contributed by atoms with van der Waals surface area (Å²) < 4.78 is 10.9. The molecule has 1 fully saturated rings. The highest BCUT2D eigenvalue weighted by atomic mass is 32.2. The Morgan fingerprint density at radius 2 is 1.65 bits per heavy atom. The van der Waals surface area contributed by atoms with Crippen molar-refractivity contribution in [2.45, 2.75) is 40.5 Å². The summed E-state index contributed by atoms with van der Waals surface area (Å²) in [5.41, 5.74) is 4.63. The first-order valence-electron chi connectivity index (χ1n) is 12.4. The number of aliphatic imine (C=N–C) groups is 1. The quantitative estimate of drug-likeness (QED) is 0.185. The average molecular weight is 515 g/mol. The number of aryl methyl sites for hydroxylation is 2. The van der Waals surface area contributed by atoms with Crippen molar-refractivity contribution in [1.82, 2.24) is 0 Å². The number of hydrogen-bond acceptors (Lipinski definition) is 6. The van der Waals surface area contributed by atoms with E-state index in [0.29, 0.717) is 28.2 Å². The second kappa shape index (κ2) is 11.9. The standard InChI is InChI=1S/C30H30N2O4S/c1-5-22-12-8-10-14-24(22)31-30-32(25-15-11-9-13-23(25)6-2)29(34)28(37-30)19-21-16-17-26(36-20(4)33)27(18-21)35-7-3/h8-19H,5-7H2,1-4H3/b28-19-,31-30?. The highest BCUT2D eigenvalue weighted by molar-refractivity contribution is 8.19. The molecule has 0 aliphatic carbocycles. The van der Waals surface area contributed by atoms with Crippen LogP contribution in [0.15, 0.2) is 76.6 Å². The summed E-state index contributed by atoms with van der Waals surface area (Å²) in [6.07, 6.45) is 3.45. The Bertz CT molecular complexity index is 1380. The van der Waals surface area contributed by atoms with Crippen molar-refractivity contribution in [3.05, 3.63) is 88.3 Å². The molecule has 3 aromatic rings. The first-order chi connectivity index (χ1) is 17.9. The predicted molar refractivity (Wildman–Crippen MR) is 151 cm³/mol. The molecule has 1 amide bonds. The molecule has 0 radical (unpaired) electrons. The summed E-state index contributed by atoms with van der Waals surface area (Å²) in [7, 11) is 0. The Balaban J connectivity index is 1.80. The number of esters is 1. The lowest BCUT2D eigenvalue weighted by molar-refractivity contribution is -0.132. The second-order valence-electron chi connectivity index (χ2n) is 8.34. The summed E-state index contributed by atoms with van der Waals surface area (Å²) in [5, 5.41) is 0.611. The van der Waals surface area contributed by atoms with Crippen LogP contribution in [0.25, 0.3) is 6.08 Å². The molecule has 6 nitrogen and oxygen atoms in total. The number of thioether (sulfide) groups is 1. The first-order valence-corrected chi connectivity index (χ1v) is 13.2. The molecule has 0 aromatic heterocycles. The normalized spacial score (nSPS) is 15.5. The van der Waals surface area contributed by atoms with Crippen LogP contribution < -0.4 is 14.4 Å². The van der Waals surface area contributed by atoms with Gasteiger partial charge in [0.15, 0.2) is 16.7 Å². The van der Waals surface area contributed by atoms with Crippen molar-refractivity contribution in [1.29, 1.82) is 0 Å². The van der Waals surface area contributed by atoms with E-state index in [1.165, 1.54) is 18.7 Å². The van der Waals surface area contributed by atoms with Crippen LogP contribution in [0.1, 0.15) is 44.4 Å². The van der Waals surface area contributed by atoms with Crippen LogP contribution in [0.4, 0.5) is 11.4 Å². The number of ether oxygens (including phenoxy) is 2. The minimum atomic E-state index is -0.424. The number of carbonyl (C=O) groups excluding carboxylic acids is 2. The highest BCUT2D eigenvalue weighted by Crippen LogP contribution is 2.40. The maximum atomic E-state index is 13.8. The SMILES string of the molecule is CCOc1cc(/C=C2\SC(=Nc3ccccc3CC)N(c3ccccc3CC)C2=O)ccc1OC(C)=O. The van der Waals surface area contributed by atoms with Crippen LogP contribution in [0.2, 0.25) is 0 Å². The van der Waals surface area contributed by atoms with Crippen molar-refractivity contribution in [3.8, 4) is 11.5 Å². The van der Waals surface area contributed by atoms with Crippen LogP contribution in [0.5, 0.6) is 11.5 Å². The largest absolute Gasteiger partial charge is 0.490 e. The summed E-state index contributed by atoms with van der Waals surface area (Å²) in [4.78, 5) is 32.5. The molecule has 0 atom stereocenters. The molecule has 0 bridgehead atoms. The van der Waals surface area contributed by atoms with Gasteiger partial charge in [0.1, 0.15) is 0 Å². The fourth-order valence-electron chi connectivity index (χ4n) is 4.08. The lowest BCUT2D eigenvalue weighted by Gasteiger charge is -2.19. The lowest BCUT2D eigenvalue weighted by atomic mass is 10.1. The zero-order valence-corrected chi connectivity index (χ0v) is 22.3. The predicted octanol–water partition coefficient (Wildman–Crippen LogP) is 6.94. The number of para-hydroxylation sites is 2. The number of carbonyl (C=O) groups is 2. The smallest absolute Gasteiger partial charge is 0.308 e. The van der Waals surface area contributed by atoms with Crippen LogP contribution in [-0.2, 0) is 22.4 Å². The number of amidine groups is 1. The van der Waals surface area contributed by atoms with E-state index in [2.05, 4.69) is 19.9 Å². The van der Waals surface area contributed by atoms with Gasteiger partial charge in [-0.3, -0.25) is 14.5 Å². The van der Waals surface area contributed by atoms with Crippen LogP contribution in [-0.4, -0.2) is 23.7 Å². The van der Waals surface area contributed by atoms with Crippen LogP contribution in [0.3, 0.4) is 0 Å². The molecule has 1 saturated heterocycles. The van der Waals surface area contributed by atoms with E-state index in [4.69, 9.17) is 14.5 Å². The van der Waals surface area contributed by atoms with Gasteiger partial charge in [-0.15, -0.1) is 0 Å². The van der Waals surface area contributed by atoms with E-state index in [0.717, 1.165) is 40.9 Å². The molecule has 7 heteroatoms. The topological polar surface area (TPSA) is 68.2 Å². The lowest BCUT2D eigenvalue weighted by Crippen LogP contribution is -2.29. The van der Waals surface area contributed by atoms with Gasteiger partial charge in [0.2, 0.25) is 0 Å². The fraction of sp³-hybridized carbons (Fsp3) is 0.233. The third kappa shape index (κ3) is 5.94. The Morgan fingerprint density at radius 3 is 2.35 bits per heavy atom. The molecule has 1 aliphatic heterocycles. The van der Waals surface area contributed by atoms with E-state index in [1.54, 1.807) is 23.1 Å². The van der Waals surface area contributed by atoms with Crippen molar-refractivity contribution >= 4 is 46.3 Å². The zero-order chi connectivity index (χ0) is 26.4. The summed E-state index contributed by atoms with van der Waals surface area (Å²) in [5.74, 6) is 0.230. The summed E-state index contributed by atoms with van der Waals surface area (Å²) >= 11 is 1.35. The monoisotopic (exact) mass is 514 g/mol. The summed E-state index contributed by atoms with van der Waals surface area (Å²) in [6.45, 7) is 7.79. The van der Waals surface area contributed by atoms with Gasteiger partial charge in [0.05, 0.1) is 22.9 Å². The minimum absolute atomic E-state index is 0.138. The molecule has 0 N–H and O–H groups in total. The van der Waals surface area contributed by atoms with E-state index in [9.17, 15) is 9.59 Å². The Kier molecular flexibility index (Phi) is 8.46. The van der Waals surface area contributed by atoms with Crippen molar-refractivity contribution in [2.75, 3.05) is 11.5 Å². The average Bonchev–Trinajstić information content (AvgIpc) is 3.19. The van der Waals surface area contributed by atoms with Gasteiger partial charge in [0, 0.05) is 6.92 Å². The minimum Gasteiger partial charge on any atom is -0.490 e. The number of rotatable bonds is 8. The van der Waals surface area contributed by atoms with Gasteiger partial charge in [-0.25, -0.2) is 4.99 Å². The number of anilines is 1. The fourth-order valence-corrected chi connectivity index (χ4v) is 5.07. The molecule has 4 rings (SSSR count). The third-order valence-corrected chi connectivity index (χ3v) is 6.80. The highest BCUT2D eigenvalue weighted by Gasteiger charge is 2.35. The molecular formula is C30H30N2O4S. The van der Waals surface area contributed by atoms with E-state index in [-0.39, 0.29) is 5.91 Å². The van der Waals surface area contributed by atoms with Gasteiger partial charge in [-0.05, 0) is 78.6 Å². The van der Waals surface area contributed by atoms with Gasteiger partial charge in [-0.1, -0.05) is 56.3 Å². The molecule has 37 heavy (non-hydrogen) atoms.